The number of nitrogens with one attached hydrogen (secondary N) is 1. The lowest BCUT2D eigenvalue weighted by Crippen LogP contribution is -2.40. The van der Waals surface area contributed by atoms with Crippen molar-refractivity contribution < 1.29 is 18.7 Å². The Kier molecular flexibility index (Phi) is 7.53. The van der Waals surface area contributed by atoms with Gasteiger partial charge in [-0.2, -0.15) is 5.10 Å². The minimum absolute atomic E-state index is 0.126. The van der Waals surface area contributed by atoms with Crippen molar-refractivity contribution in [3.8, 4) is 22.6 Å². The van der Waals surface area contributed by atoms with Gasteiger partial charge in [0.25, 0.3) is 5.91 Å². The van der Waals surface area contributed by atoms with E-state index in [-0.39, 0.29) is 30.0 Å². The summed E-state index contributed by atoms with van der Waals surface area (Å²) in [4.78, 5) is 27.9. The number of aromatic nitrogens is 2. The molecular formula is C28H30N4O4. The Labute approximate surface area is 210 Å². The van der Waals surface area contributed by atoms with Gasteiger partial charge in [0.05, 0.1) is 24.8 Å². The highest BCUT2D eigenvalue weighted by atomic mass is 16.5. The number of hydrogen-bond acceptors (Lipinski definition) is 5. The molecule has 2 aromatic carbocycles. The summed E-state index contributed by atoms with van der Waals surface area (Å²) in [6.07, 6.45) is 1.45. The highest BCUT2D eigenvalue weighted by Gasteiger charge is 2.25. The Bertz CT molecular complexity index is 1310. The van der Waals surface area contributed by atoms with E-state index in [0.29, 0.717) is 12.4 Å². The Morgan fingerprint density at radius 2 is 1.78 bits per heavy atom. The fourth-order valence-electron chi connectivity index (χ4n) is 4.06. The molecule has 4 rings (SSSR count). The molecule has 2 aromatic heterocycles. The number of methoxy groups -OCH3 is 1. The Morgan fingerprint density at radius 1 is 1.06 bits per heavy atom. The van der Waals surface area contributed by atoms with Gasteiger partial charge in [0.2, 0.25) is 5.91 Å². The molecule has 0 unspecified atom stereocenters. The van der Waals surface area contributed by atoms with Crippen molar-refractivity contribution in [3.05, 3.63) is 84.4 Å². The standard InChI is InChI=1S/C28H30N4O4/c1-19(2)17-31(28(34)24-11-8-16-36-24)18-25(33)29-27-26(21-9-6-5-7-10-21)20(3)30-32(27)22-12-14-23(35-4)15-13-22/h5-16,19H,17-18H2,1-4H3,(H,29,33). The molecule has 2 heterocycles. The molecule has 0 bridgehead atoms. The monoisotopic (exact) mass is 486 g/mol. The third-order valence-corrected chi connectivity index (χ3v) is 5.64. The second kappa shape index (κ2) is 10.9. The summed E-state index contributed by atoms with van der Waals surface area (Å²) < 4.78 is 12.3. The van der Waals surface area contributed by atoms with Crippen molar-refractivity contribution in [3.63, 3.8) is 0 Å². The largest absolute Gasteiger partial charge is 0.497 e. The average Bonchev–Trinajstić information content (AvgIpc) is 3.52. The lowest BCUT2D eigenvalue weighted by molar-refractivity contribution is -0.117. The first-order chi connectivity index (χ1) is 17.4. The third kappa shape index (κ3) is 5.49. The highest BCUT2D eigenvalue weighted by molar-refractivity contribution is 6.00. The zero-order valence-electron chi connectivity index (χ0n) is 20.9. The number of aryl methyl sites for hydroxylation is 1. The Balaban J connectivity index is 1.69. The van der Waals surface area contributed by atoms with E-state index < -0.39 is 0 Å². The fourth-order valence-corrected chi connectivity index (χ4v) is 4.06. The first-order valence-electron chi connectivity index (χ1n) is 11.8. The van der Waals surface area contributed by atoms with Gasteiger partial charge in [-0.1, -0.05) is 44.2 Å². The van der Waals surface area contributed by atoms with Crippen LogP contribution in [0.25, 0.3) is 16.8 Å². The van der Waals surface area contributed by atoms with Crippen molar-refractivity contribution in [2.75, 3.05) is 25.5 Å². The maximum absolute atomic E-state index is 13.4. The van der Waals surface area contributed by atoms with Crippen LogP contribution >= 0.6 is 0 Å². The van der Waals surface area contributed by atoms with Gasteiger partial charge in [-0.3, -0.25) is 9.59 Å². The Hall–Kier alpha value is -4.33. The second-order valence-electron chi connectivity index (χ2n) is 8.89. The van der Waals surface area contributed by atoms with Crippen LogP contribution in [0, 0.1) is 12.8 Å². The number of benzene rings is 2. The maximum Gasteiger partial charge on any atom is 0.290 e. The molecule has 8 heteroatoms. The molecule has 1 N–H and O–H groups in total. The van der Waals surface area contributed by atoms with Gasteiger partial charge in [-0.25, -0.2) is 4.68 Å². The average molecular weight is 487 g/mol. The predicted octanol–water partition coefficient (Wildman–Crippen LogP) is 5.19. The second-order valence-corrected chi connectivity index (χ2v) is 8.89. The van der Waals surface area contributed by atoms with E-state index in [1.807, 2.05) is 75.4 Å². The van der Waals surface area contributed by atoms with Gasteiger partial charge in [0.15, 0.2) is 5.76 Å². The zero-order valence-corrected chi connectivity index (χ0v) is 20.9. The van der Waals surface area contributed by atoms with E-state index in [1.165, 1.54) is 11.2 Å². The molecule has 0 aliphatic carbocycles. The summed E-state index contributed by atoms with van der Waals surface area (Å²) >= 11 is 0. The van der Waals surface area contributed by atoms with Crippen LogP contribution in [0.3, 0.4) is 0 Å². The van der Waals surface area contributed by atoms with Crippen LogP contribution in [0.15, 0.2) is 77.4 Å². The molecule has 0 aliphatic heterocycles. The molecule has 4 aromatic rings. The highest BCUT2D eigenvalue weighted by Crippen LogP contribution is 2.33. The number of carbonyl (C=O) groups excluding carboxylic acids is 2. The summed E-state index contributed by atoms with van der Waals surface area (Å²) in [5, 5.41) is 7.77. The van der Waals surface area contributed by atoms with Gasteiger partial charge >= 0.3 is 0 Å². The van der Waals surface area contributed by atoms with Crippen molar-refractivity contribution in [2.45, 2.75) is 20.8 Å². The number of hydrogen-bond donors (Lipinski definition) is 1. The third-order valence-electron chi connectivity index (χ3n) is 5.64. The van der Waals surface area contributed by atoms with Gasteiger partial charge in [0, 0.05) is 12.1 Å². The minimum Gasteiger partial charge on any atom is -0.497 e. The molecule has 0 fully saturated rings. The number of rotatable bonds is 9. The Morgan fingerprint density at radius 3 is 2.39 bits per heavy atom. The minimum atomic E-state index is -0.331. The summed E-state index contributed by atoms with van der Waals surface area (Å²) in [6, 6.07) is 20.5. The van der Waals surface area contributed by atoms with Crippen molar-refractivity contribution in [2.24, 2.45) is 5.92 Å². The summed E-state index contributed by atoms with van der Waals surface area (Å²) in [5.74, 6) is 0.964. The smallest absolute Gasteiger partial charge is 0.290 e. The van der Waals surface area contributed by atoms with Gasteiger partial charge < -0.3 is 19.4 Å². The number of furan rings is 1. The molecule has 0 radical (unpaired) electrons. The molecule has 186 valence electrons. The van der Waals surface area contributed by atoms with E-state index >= 15 is 0 Å². The SMILES string of the molecule is COc1ccc(-n2nc(C)c(-c3ccccc3)c2NC(=O)CN(CC(C)C)C(=O)c2ccco2)cc1. The van der Waals surface area contributed by atoms with E-state index in [0.717, 1.165) is 28.3 Å². The van der Waals surface area contributed by atoms with Crippen LogP contribution in [0.5, 0.6) is 5.75 Å². The van der Waals surface area contributed by atoms with Gasteiger partial charge in [0.1, 0.15) is 18.1 Å². The van der Waals surface area contributed by atoms with E-state index in [2.05, 4.69) is 5.32 Å². The first kappa shape index (κ1) is 24.8. The fraction of sp³-hybridized carbons (Fsp3) is 0.250. The van der Waals surface area contributed by atoms with Crippen molar-refractivity contribution in [1.29, 1.82) is 0 Å². The van der Waals surface area contributed by atoms with Crippen molar-refractivity contribution in [1.82, 2.24) is 14.7 Å². The van der Waals surface area contributed by atoms with Gasteiger partial charge in [-0.05, 0) is 54.8 Å². The van der Waals surface area contributed by atoms with Crippen LogP contribution in [0.4, 0.5) is 5.82 Å². The van der Waals surface area contributed by atoms with Crippen LogP contribution < -0.4 is 10.1 Å². The quantitative estimate of drug-likeness (QED) is 0.352. The topological polar surface area (TPSA) is 89.6 Å². The lowest BCUT2D eigenvalue weighted by Gasteiger charge is -2.23. The van der Waals surface area contributed by atoms with Gasteiger partial charge in [-0.15, -0.1) is 0 Å². The number of anilines is 1. The number of nitrogens with zero attached hydrogens (tertiary/aromatic N) is 3. The molecule has 0 atom stereocenters. The molecule has 2 amide bonds. The summed E-state index contributed by atoms with van der Waals surface area (Å²) in [6.45, 7) is 6.18. The molecule has 0 saturated heterocycles. The normalized spacial score (nSPS) is 10.9. The molecule has 8 nitrogen and oxygen atoms in total. The van der Waals surface area contributed by atoms with Crippen molar-refractivity contribution >= 4 is 17.6 Å². The van der Waals surface area contributed by atoms with E-state index in [1.54, 1.807) is 23.9 Å². The number of amides is 2. The first-order valence-corrected chi connectivity index (χ1v) is 11.8. The van der Waals surface area contributed by atoms with E-state index in [4.69, 9.17) is 14.3 Å². The van der Waals surface area contributed by atoms with Crippen LogP contribution in [-0.4, -0.2) is 46.7 Å². The number of carbonyl (C=O) groups is 2. The summed E-state index contributed by atoms with van der Waals surface area (Å²) in [5.41, 5.74) is 3.27. The number of ether oxygens (including phenoxy) is 1. The van der Waals surface area contributed by atoms with Crippen LogP contribution in [0.2, 0.25) is 0 Å². The van der Waals surface area contributed by atoms with Crippen LogP contribution in [0.1, 0.15) is 30.1 Å². The molecule has 36 heavy (non-hydrogen) atoms. The zero-order chi connectivity index (χ0) is 25.7. The lowest BCUT2D eigenvalue weighted by atomic mass is 10.1. The predicted molar refractivity (Wildman–Crippen MR) is 138 cm³/mol. The molecule has 0 saturated carbocycles. The van der Waals surface area contributed by atoms with Crippen LogP contribution in [-0.2, 0) is 4.79 Å². The molecular weight excluding hydrogens is 456 g/mol. The van der Waals surface area contributed by atoms with E-state index in [9.17, 15) is 9.59 Å². The summed E-state index contributed by atoms with van der Waals surface area (Å²) in [7, 11) is 1.61. The maximum atomic E-state index is 13.4. The molecule has 0 aliphatic rings. The molecule has 0 spiro atoms.